The standard InChI is InChI=1S/C12H5F3N2O/c13-12(14,15)11-16-5-8-6-3-1-2-4-7(6)10(18)9(8)17-11/h1-5H. The number of fused-ring (bicyclic) bond motifs is 3. The lowest BCUT2D eigenvalue weighted by molar-refractivity contribution is -0.145. The van der Waals surface area contributed by atoms with Crippen LogP contribution in [0.5, 0.6) is 0 Å². The Labute approximate surface area is 99.3 Å². The summed E-state index contributed by atoms with van der Waals surface area (Å²) in [5, 5.41) is 0. The molecule has 0 amide bonds. The quantitative estimate of drug-likeness (QED) is 0.616. The number of hydrogen-bond acceptors (Lipinski definition) is 3. The molecule has 0 aliphatic heterocycles. The lowest BCUT2D eigenvalue weighted by atomic mass is 10.1. The lowest BCUT2D eigenvalue weighted by Crippen LogP contribution is -2.13. The molecule has 1 heterocycles. The van der Waals surface area contributed by atoms with Gasteiger partial charge in [-0.15, -0.1) is 0 Å². The van der Waals surface area contributed by atoms with Crippen molar-refractivity contribution in [1.29, 1.82) is 0 Å². The van der Waals surface area contributed by atoms with Crippen LogP contribution in [0.3, 0.4) is 0 Å². The third kappa shape index (κ3) is 1.42. The van der Waals surface area contributed by atoms with Gasteiger partial charge in [0.25, 0.3) is 0 Å². The highest BCUT2D eigenvalue weighted by atomic mass is 19.4. The number of halogens is 3. The molecule has 6 heteroatoms. The molecule has 1 aliphatic rings. The number of alkyl halides is 3. The third-order valence-electron chi connectivity index (χ3n) is 2.72. The fourth-order valence-corrected chi connectivity index (χ4v) is 1.93. The van der Waals surface area contributed by atoms with Crippen molar-refractivity contribution in [2.45, 2.75) is 6.18 Å². The normalized spacial score (nSPS) is 13.4. The zero-order valence-electron chi connectivity index (χ0n) is 8.82. The largest absolute Gasteiger partial charge is 0.451 e. The molecule has 0 radical (unpaired) electrons. The van der Waals surface area contributed by atoms with E-state index < -0.39 is 17.8 Å². The molecular weight excluding hydrogens is 245 g/mol. The van der Waals surface area contributed by atoms with E-state index in [-0.39, 0.29) is 5.69 Å². The zero-order valence-corrected chi connectivity index (χ0v) is 8.82. The number of benzene rings is 1. The molecule has 0 atom stereocenters. The van der Waals surface area contributed by atoms with E-state index in [0.29, 0.717) is 16.7 Å². The first kappa shape index (κ1) is 10.9. The highest BCUT2D eigenvalue weighted by Gasteiger charge is 2.37. The fraction of sp³-hybridized carbons (Fsp3) is 0.0833. The third-order valence-corrected chi connectivity index (χ3v) is 2.72. The van der Waals surface area contributed by atoms with Crippen LogP contribution >= 0.6 is 0 Å². The zero-order chi connectivity index (χ0) is 12.9. The molecule has 0 bridgehead atoms. The van der Waals surface area contributed by atoms with E-state index in [1.54, 1.807) is 24.3 Å². The second kappa shape index (κ2) is 3.38. The van der Waals surface area contributed by atoms with Crippen LogP contribution in [-0.4, -0.2) is 15.8 Å². The molecule has 3 nitrogen and oxygen atoms in total. The molecule has 0 spiro atoms. The van der Waals surface area contributed by atoms with E-state index in [1.165, 1.54) is 0 Å². The van der Waals surface area contributed by atoms with Crippen LogP contribution < -0.4 is 0 Å². The maximum atomic E-state index is 12.5. The van der Waals surface area contributed by atoms with Gasteiger partial charge in [-0.3, -0.25) is 4.79 Å². The van der Waals surface area contributed by atoms with E-state index in [1.807, 2.05) is 0 Å². The number of nitrogens with zero attached hydrogens (tertiary/aromatic N) is 2. The highest BCUT2D eigenvalue weighted by Crippen LogP contribution is 2.36. The minimum Gasteiger partial charge on any atom is -0.287 e. The molecule has 0 unspecified atom stereocenters. The number of carbonyl (C=O) groups excluding carboxylic acids is 1. The van der Waals surface area contributed by atoms with Crippen LogP contribution in [0.4, 0.5) is 13.2 Å². The number of hydrogen-bond donors (Lipinski definition) is 0. The highest BCUT2D eigenvalue weighted by molar-refractivity contribution is 6.20. The minimum absolute atomic E-state index is 0.182. The van der Waals surface area contributed by atoms with Gasteiger partial charge in [0.15, 0.2) is 0 Å². The van der Waals surface area contributed by atoms with Gasteiger partial charge in [-0.05, 0) is 5.56 Å². The molecule has 18 heavy (non-hydrogen) atoms. The fourth-order valence-electron chi connectivity index (χ4n) is 1.93. The molecule has 3 rings (SSSR count). The molecule has 0 saturated heterocycles. The molecule has 0 saturated carbocycles. The number of aromatic nitrogens is 2. The summed E-state index contributed by atoms with van der Waals surface area (Å²) in [4.78, 5) is 18.5. The Morgan fingerprint density at radius 3 is 2.33 bits per heavy atom. The second-order valence-electron chi connectivity index (χ2n) is 3.83. The van der Waals surface area contributed by atoms with Crippen LogP contribution in [0, 0.1) is 0 Å². The summed E-state index contributed by atoms with van der Waals surface area (Å²) in [5.74, 6) is -1.78. The van der Waals surface area contributed by atoms with Crippen molar-refractivity contribution < 1.29 is 18.0 Å². The predicted molar refractivity (Wildman–Crippen MR) is 55.9 cm³/mol. The Morgan fingerprint density at radius 1 is 1.00 bits per heavy atom. The maximum Gasteiger partial charge on any atom is 0.451 e. The average Bonchev–Trinajstić information content (AvgIpc) is 2.63. The summed E-state index contributed by atoms with van der Waals surface area (Å²) in [6, 6.07) is 6.59. The predicted octanol–water partition coefficient (Wildman–Crippen LogP) is 2.71. The number of ketones is 1. The van der Waals surface area contributed by atoms with Crippen LogP contribution in [0.25, 0.3) is 11.1 Å². The maximum absolute atomic E-state index is 12.5. The van der Waals surface area contributed by atoms with Crippen molar-refractivity contribution in [3.05, 3.63) is 47.5 Å². The molecule has 0 fully saturated rings. The van der Waals surface area contributed by atoms with E-state index >= 15 is 0 Å². The van der Waals surface area contributed by atoms with Gasteiger partial charge in [0.05, 0.1) is 0 Å². The van der Waals surface area contributed by atoms with Crippen molar-refractivity contribution in [3.8, 4) is 11.1 Å². The molecule has 90 valence electrons. The Morgan fingerprint density at radius 2 is 1.67 bits per heavy atom. The van der Waals surface area contributed by atoms with Gasteiger partial charge >= 0.3 is 6.18 Å². The lowest BCUT2D eigenvalue weighted by Gasteiger charge is -2.05. The summed E-state index contributed by atoms with van der Waals surface area (Å²) in [6.45, 7) is 0. The Hall–Kier alpha value is -2.24. The molecule has 1 aliphatic carbocycles. The van der Waals surface area contributed by atoms with Gasteiger partial charge in [-0.25, -0.2) is 9.97 Å². The van der Waals surface area contributed by atoms with Gasteiger partial charge in [0.1, 0.15) is 5.69 Å². The summed E-state index contributed by atoms with van der Waals surface area (Å²) in [7, 11) is 0. The van der Waals surface area contributed by atoms with Crippen LogP contribution in [0.2, 0.25) is 0 Å². The summed E-state index contributed by atoms with van der Waals surface area (Å²) < 4.78 is 37.4. The van der Waals surface area contributed by atoms with Gasteiger partial charge in [-0.1, -0.05) is 24.3 Å². The second-order valence-corrected chi connectivity index (χ2v) is 3.83. The van der Waals surface area contributed by atoms with Gasteiger partial charge in [-0.2, -0.15) is 13.2 Å². The summed E-state index contributed by atoms with van der Waals surface area (Å²) in [6.07, 6.45) is -3.60. The topological polar surface area (TPSA) is 42.9 Å². The molecule has 2 aromatic rings. The van der Waals surface area contributed by atoms with Crippen molar-refractivity contribution in [2.24, 2.45) is 0 Å². The molecular formula is C12H5F3N2O. The van der Waals surface area contributed by atoms with Crippen LogP contribution in [-0.2, 0) is 6.18 Å². The SMILES string of the molecule is O=C1c2ccccc2-c2cnc(C(F)(F)F)nc21. The first-order valence-electron chi connectivity index (χ1n) is 5.07. The van der Waals surface area contributed by atoms with Crippen molar-refractivity contribution in [3.63, 3.8) is 0 Å². The smallest absolute Gasteiger partial charge is 0.287 e. The number of carbonyl (C=O) groups is 1. The van der Waals surface area contributed by atoms with Crippen LogP contribution in [0.1, 0.15) is 21.9 Å². The Bertz CT molecular complexity index is 665. The van der Waals surface area contributed by atoms with Crippen LogP contribution in [0.15, 0.2) is 30.5 Å². The Balaban J connectivity index is 2.23. The van der Waals surface area contributed by atoms with Gasteiger partial charge in [0.2, 0.25) is 11.6 Å². The number of rotatable bonds is 0. The average molecular weight is 250 g/mol. The monoisotopic (exact) mass is 250 g/mol. The van der Waals surface area contributed by atoms with E-state index in [2.05, 4.69) is 9.97 Å². The summed E-state index contributed by atoms with van der Waals surface area (Å²) in [5.41, 5.74) is 1.11. The van der Waals surface area contributed by atoms with Crippen molar-refractivity contribution >= 4 is 5.78 Å². The first-order chi connectivity index (χ1) is 8.48. The van der Waals surface area contributed by atoms with E-state index in [4.69, 9.17) is 0 Å². The van der Waals surface area contributed by atoms with E-state index in [0.717, 1.165) is 6.20 Å². The first-order valence-corrected chi connectivity index (χ1v) is 5.07. The van der Waals surface area contributed by atoms with Gasteiger partial charge < -0.3 is 0 Å². The van der Waals surface area contributed by atoms with Crippen molar-refractivity contribution in [2.75, 3.05) is 0 Å². The van der Waals surface area contributed by atoms with Gasteiger partial charge in [0, 0.05) is 17.3 Å². The molecule has 0 N–H and O–H groups in total. The summed E-state index contributed by atoms with van der Waals surface area (Å²) >= 11 is 0. The van der Waals surface area contributed by atoms with E-state index in [9.17, 15) is 18.0 Å². The molecule has 1 aromatic carbocycles. The Kier molecular flexibility index (Phi) is 2.04. The molecule has 1 aromatic heterocycles. The minimum atomic E-state index is -4.65. The van der Waals surface area contributed by atoms with Crippen molar-refractivity contribution in [1.82, 2.24) is 9.97 Å².